The van der Waals surface area contributed by atoms with Crippen LogP contribution >= 0.6 is 11.6 Å². The summed E-state index contributed by atoms with van der Waals surface area (Å²) in [7, 11) is 0. The molecule has 0 saturated carbocycles. The van der Waals surface area contributed by atoms with E-state index in [0.29, 0.717) is 23.6 Å². The topological polar surface area (TPSA) is 105 Å². The van der Waals surface area contributed by atoms with Gasteiger partial charge in [-0.2, -0.15) is 5.26 Å². The van der Waals surface area contributed by atoms with E-state index in [1.807, 2.05) is 6.92 Å². The highest BCUT2D eigenvalue weighted by Gasteiger charge is 2.14. The van der Waals surface area contributed by atoms with Crippen molar-refractivity contribution >= 4 is 35.0 Å². The highest BCUT2D eigenvalue weighted by atomic mass is 35.5. The van der Waals surface area contributed by atoms with Crippen LogP contribution in [-0.4, -0.2) is 17.4 Å². The molecule has 26 heavy (non-hydrogen) atoms. The molecule has 0 aliphatic rings. The number of rotatable bonds is 6. The van der Waals surface area contributed by atoms with Gasteiger partial charge in [0.05, 0.1) is 11.5 Å². The van der Waals surface area contributed by atoms with Crippen LogP contribution in [0.4, 0.5) is 11.4 Å². The second kappa shape index (κ2) is 8.65. The van der Waals surface area contributed by atoms with Crippen molar-refractivity contribution in [1.82, 2.24) is 0 Å². The molecule has 0 fully saturated rings. The summed E-state index contributed by atoms with van der Waals surface area (Å²) in [6.07, 6.45) is 1.26. The molecule has 0 aromatic heterocycles. The number of hydrogen-bond donors (Lipinski definition) is 1. The van der Waals surface area contributed by atoms with Crippen LogP contribution in [0.5, 0.6) is 5.75 Å². The molecular formula is C18H14ClN3O4. The fourth-order valence-corrected chi connectivity index (χ4v) is 2.26. The third-order valence-corrected chi connectivity index (χ3v) is 3.59. The Balaban J connectivity index is 2.20. The van der Waals surface area contributed by atoms with Crippen LogP contribution in [-0.2, 0) is 4.79 Å². The molecule has 0 heterocycles. The minimum atomic E-state index is -0.633. The molecule has 8 heteroatoms. The normalized spacial score (nSPS) is 10.7. The van der Waals surface area contributed by atoms with E-state index in [1.165, 1.54) is 24.3 Å². The molecule has 2 aromatic rings. The molecule has 0 spiro atoms. The van der Waals surface area contributed by atoms with Crippen molar-refractivity contribution in [2.24, 2.45) is 0 Å². The molecule has 0 aliphatic carbocycles. The van der Waals surface area contributed by atoms with Gasteiger partial charge in [0.2, 0.25) is 0 Å². The third-order valence-electron chi connectivity index (χ3n) is 3.27. The number of nitro groups is 1. The summed E-state index contributed by atoms with van der Waals surface area (Å²) in [6, 6.07) is 12.5. The van der Waals surface area contributed by atoms with Crippen molar-refractivity contribution in [3.8, 4) is 11.8 Å². The number of nitrogens with zero attached hydrogens (tertiary/aromatic N) is 2. The monoisotopic (exact) mass is 371 g/mol. The van der Waals surface area contributed by atoms with Crippen molar-refractivity contribution in [2.75, 3.05) is 11.9 Å². The van der Waals surface area contributed by atoms with E-state index in [9.17, 15) is 20.2 Å². The summed E-state index contributed by atoms with van der Waals surface area (Å²) in [5, 5.41) is 22.7. The van der Waals surface area contributed by atoms with Crippen LogP contribution in [0.15, 0.2) is 48.0 Å². The molecule has 0 aliphatic heterocycles. The van der Waals surface area contributed by atoms with Crippen molar-refractivity contribution < 1.29 is 14.5 Å². The summed E-state index contributed by atoms with van der Waals surface area (Å²) >= 11 is 5.75. The molecule has 132 valence electrons. The van der Waals surface area contributed by atoms with E-state index in [-0.39, 0.29) is 16.3 Å². The molecule has 7 nitrogen and oxygen atoms in total. The fourth-order valence-electron chi connectivity index (χ4n) is 2.07. The summed E-state index contributed by atoms with van der Waals surface area (Å²) in [5.41, 5.74) is 0.307. The number of nitrogens with one attached hydrogen (secondary N) is 1. The number of benzene rings is 2. The van der Waals surface area contributed by atoms with Gasteiger partial charge < -0.3 is 10.1 Å². The summed E-state index contributed by atoms with van der Waals surface area (Å²) in [6.45, 7) is 2.39. The smallest absolute Gasteiger partial charge is 0.288 e. The van der Waals surface area contributed by atoms with Gasteiger partial charge in [-0.25, -0.2) is 0 Å². The molecule has 0 atom stereocenters. The lowest BCUT2D eigenvalue weighted by atomic mass is 10.1. The number of nitro benzene ring substituents is 1. The fraction of sp³-hybridized carbons (Fsp3) is 0.111. The number of amides is 1. The predicted octanol–water partition coefficient (Wildman–Crippen LogP) is 4.19. The van der Waals surface area contributed by atoms with Gasteiger partial charge in [0.25, 0.3) is 11.6 Å². The van der Waals surface area contributed by atoms with Gasteiger partial charge in [0.15, 0.2) is 0 Å². The Labute approximate surface area is 154 Å². The van der Waals surface area contributed by atoms with Crippen LogP contribution in [0, 0.1) is 21.4 Å². The van der Waals surface area contributed by atoms with Crippen LogP contribution in [0.25, 0.3) is 6.08 Å². The van der Waals surface area contributed by atoms with E-state index >= 15 is 0 Å². The van der Waals surface area contributed by atoms with Crippen LogP contribution in [0.2, 0.25) is 5.02 Å². The number of carbonyl (C=O) groups excluding carboxylic acids is 1. The first-order valence-corrected chi connectivity index (χ1v) is 7.92. The van der Waals surface area contributed by atoms with E-state index in [2.05, 4.69) is 5.32 Å². The van der Waals surface area contributed by atoms with E-state index < -0.39 is 10.8 Å². The number of hydrogen-bond acceptors (Lipinski definition) is 5. The maximum absolute atomic E-state index is 12.3. The lowest BCUT2D eigenvalue weighted by molar-refractivity contribution is -0.384. The number of carbonyl (C=O) groups is 1. The Morgan fingerprint density at radius 1 is 1.35 bits per heavy atom. The maximum Gasteiger partial charge on any atom is 0.288 e. The van der Waals surface area contributed by atoms with Crippen LogP contribution in [0.3, 0.4) is 0 Å². The van der Waals surface area contributed by atoms with Crippen LogP contribution < -0.4 is 10.1 Å². The zero-order valence-electron chi connectivity index (χ0n) is 13.7. The van der Waals surface area contributed by atoms with Gasteiger partial charge in [-0.1, -0.05) is 17.7 Å². The molecule has 1 N–H and O–H groups in total. The quantitative estimate of drug-likeness (QED) is 0.354. The minimum absolute atomic E-state index is 0.0236. The highest BCUT2D eigenvalue weighted by molar-refractivity contribution is 6.32. The maximum atomic E-state index is 12.3. The van der Waals surface area contributed by atoms with Gasteiger partial charge >= 0.3 is 0 Å². The second-order valence-corrected chi connectivity index (χ2v) is 5.46. The number of nitriles is 1. The summed E-state index contributed by atoms with van der Waals surface area (Å²) in [5.74, 6) is 0.0317. The number of halogens is 1. The average molecular weight is 372 g/mol. The standard InChI is InChI=1S/C18H14ClN3O4/c1-2-26-15-6-4-14(5-7-15)21-18(23)13(11-20)9-12-3-8-16(19)17(10-12)22(24)25/h3-10H,2H2,1H3,(H,21,23)/b13-9+. The highest BCUT2D eigenvalue weighted by Crippen LogP contribution is 2.26. The molecule has 2 aromatic carbocycles. The molecule has 0 saturated heterocycles. The van der Waals surface area contributed by atoms with E-state index in [1.54, 1.807) is 30.3 Å². The Morgan fingerprint density at radius 3 is 2.62 bits per heavy atom. The van der Waals surface area contributed by atoms with Crippen molar-refractivity contribution in [1.29, 1.82) is 5.26 Å². The Morgan fingerprint density at radius 2 is 2.04 bits per heavy atom. The van der Waals surface area contributed by atoms with Gasteiger partial charge in [-0.05, 0) is 48.9 Å². The van der Waals surface area contributed by atoms with Gasteiger partial charge in [-0.15, -0.1) is 0 Å². The Hall–Kier alpha value is -3.37. The largest absolute Gasteiger partial charge is 0.494 e. The van der Waals surface area contributed by atoms with Gasteiger partial charge in [0, 0.05) is 11.8 Å². The SMILES string of the molecule is CCOc1ccc(NC(=O)/C(C#N)=C/c2ccc(Cl)c([N+](=O)[O-])c2)cc1. The van der Waals surface area contributed by atoms with Crippen molar-refractivity contribution in [3.05, 3.63) is 68.7 Å². The van der Waals surface area contributed by atoms with Crippen LogP contribution in [0.1, 0.15) is 12.5 Å². The Kier molecular flexibility index (Phi) is 6.31. The predicted molar refractivity (Wildman–Crippen MR) is 97.9 cm³/mol. The minimum Gasteiger partial charge on any atom is -0.494 e. The average Bonchev–Trinajstić information content (AvgIpc) is 2.62. The first-order valence-electron chi connectivity index (χ1n) is 7.54. The van der Waals surface area contributed by atoms with Gasteiger partial charge in [0.1, 0.15) is 22.4 Å². The zero-order chi connectivity index (χ0) is 19.1. The first kappa shape index (κ1) is 19.0. The molecule has 2 rings (SSSR count). The Bertz CT molecular complexity index is 902. The molecule has 0 bridgehead atoms. The first-order chi connectivity index (χ1) is 12.4. The lowest BCUT2D eigenvalue weighted by Crippen LogP contribution is -2.13. The van der Waals surface area contributed by atoms with E-state index in [0.717, 1.165) is 0 Å². The molecule has 0 radical (unpaired) electrons. The molecule has 1 amide bonds. The number of ether oxygens (including phenoxy) is 1. The van der Waals surface area contributed by atoms with Gasteiger partial charge in [-0.3, -0.25) is 14.9 Å². The van der Waals surface area contributed by atoms with Crippen molar-refractivity contribution in [3.63, 3.8) is 0 Å². The van der Waals surface area contributed by atoms with Crippen molar-refractivity contribution in [2.45, 2.75) is 6.92 Å². The zero-order valence-corrected chi connectivity index (χ0v) is 14.5. The third kappa shape index (κ3) is 4.82. The van der Waals surface area contributed by atoms with E-state index in [4.69, 9.17) is 16.3 Å². The lowest BCUT2D eigenvalue weighted by Gasteiger charge is -2.06. The second-order valence-electron chi connectivity index (χ2n) is 5.05. The molecule has 0 unspecified atom stereocenters. The number of anilines is 1. The summed E-state index contributed by atoms with van der Waals surface area (Å²) < 4.78 is 5.31. The summed E-state index contributed by atoms with van der Waals surface area (Å²) in [4.78, 5) is 22.5. The molecular weight excluding hydrogens is 358 g/mol.